The quantitative estimate of drug-likeness (QED) is 0.770. The van der Waals surface area contributed by atoms with Gasteiger partial charge in [0.2, 0.25) is 5.65 Å². The summed E-state index contributed by atoms with van der Waals surface area (Å²) in [5, 5.41) is 20.3. The summed E-state index contributed by atoms with van der Waals surface area (Å²) in [5.74, 6) is 0. The van der Waals surface area contributed by atoms with E-state index in [1.807, 2.05) is 12.1 Å². The van der Waals surface area contributed by atoms with Crippen molar-refractivity contribution in [1.82, 2.24) is 25.0 Å². The van der Waals surface area contributed by atoms with E-state index < -0.39 is 0 Å². The van der Waals surface area contributed by atoms with Crippen molar-refractivity contribution in [2.75, 3.05) is 11.9 Å². The van der Waals surface area contributed by atoms with E-state index in [0.717, 1.165) is 23.4 Å². The predicted octanol–water partition coefficient (Wildman–Crippen LogP) is 1.58. The van der Waals surface area contributed by atoms with Gasteiger partial charge in [-0.1, -0.05) is 23.4 Å². The minimum absolute atomic E-state index is 0.258. The molecule has 7 nitrogen and oxygen atoms in total. The van der Waals surface area contributed by atoms with Crippen LogP contribution in [0, 0.1) is 11.3 Å². The summed E-state index contributed by atoms with van der Waals surface area (Å²) in [5.41, 5.74) is 4.58. The van der Waals surface area contributed by atoms with Gasteiger partial charge in [-0.15, -0.1) is 5.10 Å². The van der Waals surface area contributed by atoms with E-state index in [9.17, 15) is 0 Å². The van der Waals surface area contributed by atoms with Crippen LogP contribution in [0.25, 0.3) is 17.4 Å². The summed E-state index contributed by atoms with van der Waals surface area (Å²) in [4.78, 5) is 8.31. The molecule has 0 aliphatic carbocycles. The molecule has 0 spiro atoms. The lowest BCUT2D eigenvalue weighted by atomic mass is 10.1. The third kappa shape index (κ3) is 2.07. The Bertz CT molecular complexity index is 933. The van der Waals surface area contributed by atoms with E-state index in [2.05, 4.69) is 49.9 Å². The smallest absolute Gasteiger partial charge is 0.221 e. The van der Waals surface area contributed by atoms with Gasteiger partial charge in [-0.05, 0) is 23.3 Å². The SMILES string of the molecule is N#Cc1cnc2nnn(Cc3ccc4c(c3)C=CCN4)c2n1. The molecule has 0 atom stereocenters. The number of rotatable bonds is 2. The first-order valence-corrected chi connectivity index (χ1v) is 6.83. The normalized spacial score (nSPS) is 12.7. The highest BCUT2D eigenvalue weighted by molar-refractivity contribution is 5.70. The lowest BCUT2D eigenvalue weighted by Crippen LogP contribution is -2.07. The molecule has 1 N–H and O–H groups in total. The summed E-state index contributed by atoms with van der Waals surface area (Å²) in [6.45, 7) is 1.38. The average molecular weight is 289 g/mol. The zero-order chi connectivity index (χ0) is 14.9. The molecule has 1 aliphatic heterocycles. The largest absolute Gasteiger partial charge is 0.381 e. The molecule has 0 saturated carbocycles. The fourth-order valence-electron chi connectivity index (χ4n) is 2.45. The van der Waals surface area contributed by atoms with Crippen molar-refractivity contribution in [2.45, 2.75) is 6.54 Å². The van der Waals surface area contributed by atoms with Gasteiger partial charge in [-0.2, -0.15) is 5.26 Å². The van der Waals surface area contributed by atoms with Crippen LogP contribution in [0.5, 0.6) is 0 Å². The Kier molecular flexibility index (Phi) is 2.79. The van der Waals surface area contributed by atoms with Gasteiger partial charge in [-0.25, -0.2) is 14.6 Å². The summed E-state index contributed by atoms with van der Waals surface area (Å²) in [6, 6.07) is 8.18. The minimum Gasteiger partial charge on any atom is -0.381 e. The van der Waals surface area contributed by atoms with Crippen molar-refractivity contribution in [3.63, 3.8) is 0 Å². The zero-order valence-corrected chi connectivity index (χ0v) is 11.6. The maximum Gasteiger partial charge on any atom is 0.221 e. The van der Waals surface area contributed by atoms with Crippen LogP contribution in [-0.4, -0.2) is 31.5 Å². The number of benzene rings is 1. The van der Waals surface area contributed by atoms with E-state index in [1.54, 1.807) is 4.68 Å². The number of aromatic nitrogens is 5. The second-order valence-corrected chi connectivity index (χ2v) is 4.97. The molecule has 0 fully saturated rings. The Balaban J connectivity index is 1.72. The molecule has 0 amide bonds. The molecule has 3 heterocycles. The molecule has 0 unspecified atom stereocenters. The molecule has 0 saturated heterocycles. The molecule has 106 valence electrons. The van der Waals surface area contributed by atoms with Gasteiger partial charge >= 0.3 is 0 Å². The second kappa shape index (κ2) is 4.93. The molecule has 3 aromatic rings. The zero-order valence-electron chi connectivity index (χ0n) is 11.6. The van der Waals surface area contributed by atoms with E-state index in [-0.39, 0.29) is 5.69 Å². The molecule has 22 heavy (non-hydrogen) atoms. The Morgan fingerprint density at radius 2 is 2.32 bits per heavy atom. The van der Waals surface area contributed by atoms with Crippen molar-refractivity contribution < 1.29 is 0 Å². The fraction of sp³-hybridized carbons (Fsp3) is 0.133. The van der Waals surface area contributed by atoms with E-state index in [0.29, 0.717) is 17.8 Å². The van der Waals surface area contributed by atoms with E-state index >= 15 is 0 Å². The predicted molar refractivity (Wildman–Crippen MR) is 80.9 cm³/mol. The monoisotopic (exact) mass is 289 g/mol. The number of fused-ring (bicyclic) bond motifs is 2. The van der Waals surface area contributed by atoms with E-state index in [4.69, 9.17) is 5.26 Å². The molecule has 0 radical (unpaired) electrons. The fourth-order valence-corrected chi connectivity index (χ4v) is 2.45. The van der Waals surface area contributed by atoms with Crippen LogP contribution < -0.4 is 5.32 Å². The topological polar surface area (TPSA) is 92.3 Å². The van der Waals surface area contributed by atoms with Crippen LogP contribution >= 0.6 is 0 Å². The van der Waals surface area contributed by atoms with Crippen molar-refractivity contribution in [3.05, 3.63) is 47.3 Å². The molecular formula is C15H11N7. The molecule has 4 rings (SSSR count). The van der Waals surface area contributed by atoms with Gasteiger partial charge in [-0.3, -0.25) is 0 Å². The summed E-state index contributed by atoms with van der Waals surface area (Å²) < 4.78 is 1.66. The first kappa shape index (κ1) is 12.5. The van der Waals surface area contributed by atoms with Gasteiger partial charge in [0.1, 0.15) is 6.07 Å². The van der Waals surface area contributed by atoms with Crippen LogP contribution in [0.15, 0.2) is 30.5 Å². The molecule has 1 aliphatic rings. The second-order valence-electron chi connectivity index (χ2n) is 4.97. The number of nitrogens with one attached hydrogen (secondary N) is 1. The minimum atomic E-state index is 0.258. The number of anilines is 1. The van der Waals surface area contributed by atoms with Crippen molar-refractivity contribution >= 4 is 23.1 Å². The summed E-state index contributed by atoms with van der Waals surface area (Å²) >= 11 is 0. The van der Waals surface area contributed by atoms with Crippen LogP contribution in [0.1, 0.15) is 16.8 Å². The summed E-state index contributed by atoms with van der Waals surface area (Å²) in [7, 11) is 0. The van der Waals surface area contributed by atoms with Gasteiger partial charge in [0.15, 0.2) is 11.3 Å². The highest BCUT2D eigenvalue weighted by atomic mass is 15.4. The number of hydrogen-bond acceptors (Lipinski definition) is 6. The third-order valence-electron chi connectivity index (χ3n) is 3.50. The van der Waals surface area contributed by atoms with Crippen LogP contribution in [0.2, 0.25) is 0 Å². The maximum absolute atomic E-state index is 8.93. The number of nitriles is 1. The highest BCUT2D eigenvalue weighted by Gasteiger charge is 2.10. The first-order valence-electron chi connectivity index (χ1n) is 6.83. The summed E-state index contributed by atoms with van der Waals surface area (Å²) in [6.07, 6.45) is 5.58. The van der Waals surface area contributed by atoms with Gasteiger partial charge < -0.3 is 5.32 Å². The molecule has 1 aromatic carbocycles. The van der Waals surface area contributed by atoms with Crippen LogP contribution in [0.4, 0.5) is 5.69 Å². The van der Waals surface area contributed by atoms with Crippen molar-refractivity contribution in [1.29, 1.82) is 5.26 Å². The third-order valence-corrected chi connectivity index (χ3v) is 3.50. The molecule has 0 bridgehead atoms. The Morgan fingerprint density at radius 3 is 3.23 bits per heavy atom. The van der Waals surface area contributed by atoms with Gasteiger partial charge in [0, 0.05) is 12.2 Å². The average Bonchev–Trinajstić information content (AvgIpc) is 2.97. The Hall–Kier alpha value is -3.27. The van der Waals surface area contributed by atoms with Gasteiger partial charge in [0.25, 0.3) is 0 Å². The van der Waals surface area contributed by atoms with Crippen LogP contribution in [-0.2, 0) is 6.54 Å². The molecular weight excluding hydrogens is 278 g/mol. The van der Waals surface area contributed by atoms with Crippen molar-refractivity contribution in [3.8, 4) is 6.07 Å². The first-order chi connectivity index (χ1) is 10.8. The Morgan fingerprint density at radius 1 is 1.36 bits per heavy atom. The number of nitrogens with zero attached hydrogens (tertiary/aromatic N) is 6. The number of hydrogen-bond donors (Lipinski definition) is 1. The van der Waals surface area contributed by atoms with Crippen molar-refractivity contribution in [2.24, 2.45) is 0 Å². The molecule has 2 aromatic heterocycles. The van der Waals surface area contributed by atoms with E-state index in [1.165, 1.54) is 6.20 Å². The highest BCUT2D eigenvalue weighted by Crippen LogP contribution is 2.22. The maximum atomic E-state index is 8.93. The standard InChI is InChI=1S/C15H11N7/c16-7-12-8-18-14-15(19-12)22(21-20-14)9-10-3-4-13-11(6-10)2-1-5-17-13/h1-4,6,8,17H,5,9H2. The lowest BCUT2D eigenvalue weighted by molar-refractivity contribution is 0.664. The van der Waals surface area contributed by atoms with Crippen LogP contribution in [0.3, 0.4) is 0 Å². The molecule has 7 heteroatoms. The van der Waals surface area contributed by atoms with Gasteiger partial charge in [0.05, 0.1) is 12.7 Å². The Labute approximate surface area is 125 Å². The lowest BCUT2D eigenvalue weighted by Gasteiger charge is -2.14.